The second-order valence-corrected chi connectivity index (χ2v) is 35.1. The molecule has 16 aromatic rings. The minimum atomic E-state index is -1.52. The standard InChI is InChI=1S/C21H15N.C19H15N.C15H15NO2S.C15H17NSi.C15H13N.C14H13NS/c1-22-18-12-10-14-6-2-4-8-16(14)20(18)21-17-9-5-3-7-15(17)11-13-19(21)22;1-20-18-12-6-4-10-16(18)14-8-2-3-9-15(14)17-11-5-7-13-19(17)20;1-16-12-6-4-10(17-2)8-14(12)19-15-9-11(18-3)5-7-13(15)16;1-16-12-8-4-6-10-14(12)17(2,3)15-11-7-5-9-13(15)16;1-16-14-8-4-2-6-12(14)10-11-13-7-3-5-9-15(13)16;1-10-6-5-8-12-14(10)16-13-9-4-3-7-11(13)15(12)2/h2-13H,1H3;2-13H,1H3;4-9H,1-3H3;4-11H,1-3H3;2-11H,1H3;3-9H,1-2H3. The minimum absolute atomic E-state index is 0.881. The minimum Gasteiger partial charge on any atom is -0.497 e. The third kappa shape index (κ3) is 13.5. The lowest BCUT2D eigenvalue weighted by Gasteiger charge is -2.39. The summed E-state index contributed by atoms with van der Waals surface area (Å²) < 4.78 is 12.9. The number of benzene rings is 15. The van der Waals surface area contributed by atoms with E-state index in [4.69, 9.17) is 9.47 Å². The molecule has 6 heterocycles. The molecule has 542 valence electrons. The fraction of sp³-hybridized carbons (Fsp3) is 0.111. The highest BCUT2D eigenvalue weighted by Gasteiger charge is 2.36. The number of aryl methyl sites for hydroxylation is 2. The van der Waals surface area contributed by atoms with Crippen LogP contribution in [0.5, 0.6) is 11.5 Å². The van der Waals surface area contributed by atoms with Crippen LogP contribution in [0.15, 0.2) is 341 Å². The largest absolute Gasteiger partial charge is 0.497 e. The van der Waals surface area contributed by atoms with Crippen molar-refractivity contribution in [2.75, 3.05) is 74.0 Å². The van der Waals surface area contributed by atoms with Crippen LogP contribution in [0.3, 0.4) is 0 Å². The summed E-state index contributed by atoms with van der Waals surface area (Å²) in [4.78, 5) is 16.4. The molecule has 0 saturated heterocycles. The van der Waals surface area contributed by atoms with Crippen LogP contribution in [0.4, 0.5) is 56.9 Å². The molecule has 0 N–H and O–H groups in total. The third-order valence-electron chi connectivity index (χ3n) is 22.0. The zero-order valence-corrected chi connectivity index (χ0v) is 66.7. The van der Waals surface area contributed by atoms with Gasteiger partial charge in [0.1, 0.15) is 19.6 Å². The lowest BCUT2D eigenvalue weighted by atomic mass is 9.95. The van der Waals surface area contributed by atoms with Gasteiger partial charge in [-0.3, -0.25) is 0 Å². The normalized spacial score (nSPS) is 13.1. The van der Waals surface area contributed by atoms with Crippen LogP contribution in [0.2, 0.25) is 13.1 Å². The van der Waals surface area contributed by atoms with Crippen molar-refractivity contribution in [1.29, 1.82) is 0 Å². The highest BCUT2D eigenvalue weighted by Crippen LogP contribution is 2.52. The van der Waals surface area contributed by atoms with Gasteiger partial charge in [0.25, 0.3) is 0 Å². The van der Waals surface area contributed by atoms with Crippen LogP contribution in [0.1, 0.15) is 16.7 Å². The Hall–Kier alpha value is -12.1. The third-order valence-corrected chi connectivity index (χ3v) is 27.9. The van der Waals surface area contributed by atoms with Crippen LogP contribution in [-0.4, -0.2) is 62.1 Å². The number of para-hydroxylation sites is 7. The topological polar surface area (TPSA) is 39.6 Å². The molecule has 15 aromatic carbocycles. The first-order valence-corrected chi connectivity index (χ1v) is 42.0. The van der Waals surface area contributed by atoms with Crippen molar-refractivity contribution in [3.63, 3.8) is 0 Å². The lowest BCUT2D eigenvalue weighted by molar-refractivity contribution is 0.413. The molecule has 0 radical (unpaired) electrons. The smallest absolute Gasteiger partial charge is 0.120 e. The molecule has 11 heteroatoms. The molecule has 0 spiro atoms. The number of hydrogen-bond donors (Lipinski definition) is 0. The van der Waals surface area contributed by atoms with Gasteiger partial charge < -0.3 is 38.5 Å². The summed E-state index contributed by atoms with van der Waals surface area (Å²) in [5.74, 6) is 1.76. The maximum atomic E-state index is 5.29. The Morgan fingerprint density at radius 2 is 0.655 bits per heavy atom. The number of ether oxygens (including phenoxy) is 2. The van der Waals surface area contributed by atoms with Gasteiger partial charge in [0.2, 0.25) is 0 Å². The zero-order valence-electron chi connectivity index (χ0n) is 64.1. The molecule has 0 aliphatic carbocycles. The van der Waals surface area contributed by atoms with E-state index in [1.165, 1.54) is 159 Å². The van der Waals surface area contributed by atoms with Crippen LogP contribution in [-0.2, 0) is 7.05 Å². The fourth-order valence-corrected chi connectivity index (χ4v) is 21.7. The van der Waals surface area contributed by atoms with Crippen molar-refractivity contribution < 1.29 is 9.47 Å². The first kappa shape index (κ1) is 72.1. The van der Waals surface area contributed by atoms with E-state index in [1.54, 1.807) is 36.4 Å². The number of anilines is 10. The van der Waals surface area contributed by atoms with Crippen molar-refractivity contribution in [3.05, 3.63) is 338 Å². The summed E-state index contributed by atoms with van der Waals surface area (Å²) in [7, 11) is 14.7. The van der Waals surface area contributed by atoms with Gasteiger partial charge in [-0.25, -0.2) is 0 Å². The molecule has 0 atom stereocenters. The Morgan fingerprint density at radius 3 is 1.15 bits per heavy atom. The van der Waals surface area contributed by atoms with Gasteiger partial charge in [-0.2, -0.15) is 0 Å². The molecule has 0 fully saturated rings. The molecule has 0 bridgehead atoms. The maximum absolute atomic E-state index is 5.29. The number of methoxy groups -OCH3 is 2. The quantitative estimate of drug-likeness (QED) is 0.157. The van der Waals surface area contributed by atoms with Crippen molar-refractivity contribution in [2.24, 2.45) is 7.05 Å². The molecule has 21 rings (SSSR count). The summed E-state index contributed by atoms with van der Waals surface area (Å²) in [6.45, 7) is 7.06. The molecule has 110 heavy (non-hydrogen) atoms. The number of nitrogens with zero attached hydrogens (tertiary/aromatic N) is 6. The van der Waals surface area contributed by atoms with Gasteiger partial charge >= 0.3 is 0 Å². The number of aromatic nitrogens is 1. The van der Waals surface area contributed by atoms with E-state index in [2.05, 4.69) is 413 Å². The predicted molar refractivity (Wildman–Crippen MR) is 476 cm³/mol. The lowest BCUT2D eigenvalue weighted by Crippen LogP contribution is -2.58. The SMILES string of the molecule is CN1c2ccccc2-c2ccccc2-c2ccccc21.CN1c2ccccc2C=Cc2ccccc21.CN1c2ccccc2[Si](C)(C)c2ccccc21.COc1ccc2c(c1)Sc1cc(OC)ccc1N2C.Cc1cccc2c1Sc1ccccc1N2C.Cn1c2ccc3ccccc3c2c2c3ccccc3ccc21. The number of fused-ring (bicyclic) bond motifs is 20. The molecule has 0 amide bonds. The first-order valence-electron chi connectivity index (χ1n) is 37.4. The van der Waals surface area contributed by atoms with Crippen LogP contribution in [0.25, 0.3) is 77.8 Å². The first-order chi connectivity index (χ1) is 53.7. The van der Waals surface area contributed by atoms with Gasteiger partial charge in [0, 0.05) is 129 Å². The Balaban J connectivity index is 0.000000101. The number of hydrogen-bond acceptors (Lipinski definition) is 9. The summed E-state index contributed by atoms with van der Waals surface area (Å²) in [5.41, 5.74) is 24.4. The average molecular weight is 1490 g/mol. The van der Waals surface area contributed by atoms with Gasteiger partial charge in [-0.05, 0) is 170 Å². The molecule has 0 saturated carbocycles. The van der Waals surface area contributed by atoms with Gasteiger partial charge in [0.05, 0.1) is 37.0 Å². The second kappa shape index (κ2) is 30.9. The summed E-state index contributed by atoms with van der Waals surface area (Å²) in [6.07, 6.45) is 4.36. The average Bonchev–Trinajstić information content (AvgIpc) is 1.52. The Morgan fingerprint density at radius 1 is 0.291 bits per heavy atom. The van der Waals surface area contributed by atoms with Crippen molar-refractivity contribution in [1.82, 2.24) is 4.57 Å². The molecule has 8 nitrogen and oxygen atoms in total. The monoisotopic (exact) mass is 1480 g/mol. The van der Waals surface area contributed by atoms with Gasteiger partial charge in [-0.15, -0.1) is 0 Å². The van der Waals surface area contributed by atoms with Crippen LogP contribution < -0.4 is 44.3 Å². The van der Waals surface area contributed by atoms with Gasteiger partial charge in [-0.1, -0.05) is 267 Å². The Kier molecular flexibility index (Phi) is 20.2. The number of rotatable bonds is 2. The Bertz CT molecular complexity index is 5870. The highest BCUT2D eigenvalue weighted by molar-refractivity contribution is 8.00. The molecule has 5 aliphatic heterocycles. The fourth-order valence-electron chi connectivity index (χ4n) is 16.1. The van der Waals surface area contributed by atoms with E-state index in [1.807, 2.05) is 23.9 Å². The summed E-state index contributed by atoms with van der Waals surface area (Å²) in [6, 6.07) is 114. The van der Waals surface area contributed by atoms with Gasteiger partial charge in [0.15, 0.2) is 0 Å². The van der Waals surface area contributed by atoms with E-state index in [0.717, 1.165) is 11.5 Å². The zero-order chi connectivity index (χ0) is 75.7. The highest BCUT2D eigenvalue weighted by atomic mass is 32.2. The van der Waals surface area contributed by atoms with Crippen LogP contribution in [0, 0.1) is 6.92 Å². The second-order valence-electron chi connectivity index (χ2n) is 28.7. The van der Waals surface area contributed by atoms with Crippen LogP contribution >= 0.6 is 23.5 Å². The van der Waals surface area contributed by atoms with E-state index >= 15 is 0 Å². The van der Waals surface area contributed by atoms with E-state index in [-0.39, 0.29) is 0 Å². The predicted octanol–water partition coefficient (Wildman–Crippen LogP) is 25.4. The van der Waals surface area contributed by atoms with Crippen molar-refractivity contribution in [2.45, 2.75) is 39.6 Å². The molecular formula is C99H88N6O2S2Si. The maximum Gasteiger partial charge on any atom is 0.120 e. The molecule has 5 aliphatic rings. The summed E-state index contributed by atoms with van der Waals surface area (Å²) >= 11 is 3.61. The van der Waals surface area contributed by atoms with Crippen molar-refractivity contribution >= 4 is 154 Å². The van der Waals surface area contributed by atoms with E-state index < -0.39 is 8.07 Å². The van der Waals surface area contributed by atoms with E-state index in [9.17, 15) is 0 Å². The molecule has 0 unspecified atom stereocenters. The van der Waals surface area contributed by atoms with E-state index in [0.29, 0.717) is 0 Å². The Labute approximate surface area is 656 Å². The van der Waals surface area contributed by atoms with Crippen molar-refractivity contribution in [3.8, 4) is 33.8 Å². The molecule has 1 aromatic heterocycles. The molecular weight excluding hydrogens is 1400 g/mol. The summed E-state index contributed by atoms with van der Waals surface area (Å²) in [5, 5.41) is 11.1.